The van der Waals surface area contributed by atoms with Crippen molar-refractivity contribution >= 4 is 17.4 Å². The third kappa shape index (κ3) is 2.32. The molecule has 110 valence electrons. The van der Waals surface area contributed by atoms with Gasteiger partial charge in [0.25, 0.3) is 0 Å². The number of carbonyl (C=O) groups excluding carboxylic acids is 1. The molecule has 4 rings (SSSR count). The summed E-state index contributed by atoms with van der Waals surface area (Å²) in [7, 11) is 1.85. The molecule has 1 saturated carbocycles. The summed E-state index contributed by atoms with van der Waals surface area (Å²) >= 11 is 0. The van der Waals surface area contributed by atoms with Crippen molar-refractivity contribution in [3.05, 3.63) is 18.0 Å². The van der Waals surface area contributed by atoms with E-state index in [1.54, 1.807) is 4.90 Å². The lowest BCUT2D eigenvalue weighted by molar-refractivity contribution is -0.132. The highest BCUT2D eigenvalue weighted by Gasteiger charge is 2.29. The molecule has 1 atom stereocenters. The van der Waals surface area contributed by atoms with Crippen molar-refractivity contribution in [2.45, 2.75) is 37.6 Å². The minimum absolute atomic E-state index is 0.214. The molecule has 2 aromatic rings. The van der Waals surface area contributed by atoms with Gasteiger partial charge in [-0.3, -0.25) is 4.79 Å². The largest absolute Gasteiger partial charge is 0.364 e. The maximum atomic E-state index is 11.5. The number of likely N-dealkylation sites (tertiary alicyclic amines) is 1. The zero-order valence-electron chi connectivity index (χ0n) is 12.0. The fourth-order valence-electron chi connectivity index (χ4n) is 2.82. The minimum atomic E-state index is 0.214. The third-order valence-corrected chi connectivity index (χ3v) is 4.21. The molecular weight excluding hydrogens is 268 g/mol. The molecular formula is C14H18N6O. The number of hydrogen-bond donors (Lipinski definition) is 1. The van der Waals surface area contributed by atoms with Crippen LogP contribution in [0, 0.1) is 0 Å². The van der Waals surface area contributed by atoms with Gasteiger partial charge in [-0.1, -0.05) is 0 Å². The summed E-state index contributed by atoms with van der Waals surface area (Å²) in [5, 5.41) is 16.4. The van der Waals surface area contributed by atoms with E-state index in [4.69, 9.17) is 0 Å². The molecule has 1 unspecified atom stereocenters. The lowest BCUT2D eigenvalue weighted by atomic mass is 10.1. The number of piperidine rings is 1. The maximum Gasteiger partial charge on any atom is 0.222 e. The number of hydrogen-bond acceptors (Lipinski definition) is 5. The van der Waals surface area contributed by atoms with Crippen LogP contribution < -0.4 is 5.32 Å². The van der Waals surface area contributed by atoms with E-state index in [1.165, 1.54) is 12.8 Å². The highest BCUT2D eigenvalue weighted by molar-refractivity contribution is 5.77. The van der Waals surface area contributed by atoms with Crippen LogP contribution in [0.2, 0.25) is 0 Å². The Labute approximate surface area is 122 Å². The Morgan fingerprint density at radius 2 is 2.10 bits per heavy atom. The molecule has 0 radical (unpaired) electrons. The quantitative estimate of drug-likeness (QED) is 0.912. The second kappa shape index (κ2) is 4.68. The van der Waals surface area contributed by atoms with Gasteiger partial charge in [0.05, 0.1) is 0 Å². The number of amides is 1. The summed E-state index contributed by atoms with van der Waals surface area (Å²) in [5.74, 6) is 2.51. The second-order valence-electron chi connectivity index (χ2n) is 5.98. The second-order valence-corrected chi connectivity index (χ2v) is 5.98. The van der Waals surface area contributed by atoms with E-state index in [-0.39, 0.29) is 11.9 Å². The van der Waals surface area contributed by atoms with Gasteiger partial charge in [0.2, 0.25) is 5.91 Å². The highest BCUT2D eigenvalue weighted by atomic mass is 16.2. The van der Waals surface area contributed by atoms with E-state index in [2.05, 4.69) is 20.6 Å². The first-order valence-corrected chi connectivity index (χ1v) is 7.43. The van der Waals surface area contributed by atoms with Gasteiger partial charge in [0, 0.05) is 32.0 Å². The van der Waals surface area contributed by atoms with Crippen LogP contribution in [0.3, 0.4) is 0 Å². The molecule has 1 N–H and O–H groups in total. The Morgan fingerprint density at radius 1 is 1.24 bits per heavy atom. The standard InChI is InChI=1S/C14H18N6O/c1-19-8-10(4-7-13(19)21)15-11-5-6-12-16-17-14(9-2-3-9)20(12)18-11/h5-6,9-10H,2-4,7-8H2,1H3,(H,15,18). The molecule has 2 fully saturated rings. The van der Waals surface area contributed by atoms with E-state index in [0.717, 1.165) is 30.3 Å². The topological polar surface area (TPSA) is 75.4 Å². The molecule has 1 aliphatic carbocycles. The molecule has 2 aliphatic rings. The average Bonchev–Trinajstić information content (AvgIpc) is 3.23. The van der Waals surface area contributed by atoms with Crippen LogP contribution in [0.15, 0.2) is 12.1 Å². The van der Waals surface area contributed by atoms with Gasteiger partial charge in [-0.2, -0.15) is 4.52 Å². The lowest BCUT2D eigenvalue weighted by Gasteiger charge is -2.30. The Morgan fingerprint density at radius 3 is 2.86 bits per heavy atom. The van der Waals surface area contributed by atoms with Crippen LogP contribution in [0.4, 0.5) is 5.82 Å². The summed E-state index contributed by atoms with van der Waals surface area (Å²) in [6.07, 6.45) is 3.79. The lowest BCUT2D eigenvalue weighted by Crippen LogP contribution is -2.43. The highest BCUT2D eigenvalue weighted by Crippen LogP contribution is 2.38. The summed E-state index contributed by atoms with van der Waals surface area (Å²) < 4.78 is 1.84. The van der Waals surface area contributed by atoms with Crippen LogP contribution in [-0.2, 0) is 4.79 Å². The van der Waals surface area contributed by atoms with Gasteiger partial charge in [0.1, 0.15) is 5.82 Å². The van der Waals surface area contributed by atoms with Crippen LogP contribution in [-0.4, -0.2) is 50.3 Å². The molecule has 1 saturated heterocycles. The van der Waals surface area contributed by atoms with Crippen LogP contribution in [0.25, 0.3) is 5.65 Å². The number of aromatic nitrogens is 4. The van der Waals surface area contributed by atoms with Crippen LogP contribution in [0.5, 0.6) is 0 Å². The first kappa shape index (κ1) is 12.6. The molecule has 0 bridgehead atoms. The van der Waals surface area contributed by atoms with Crippen molar-refractivity contribution < 1.29 is 4.79 Å². The van der Waals surface area contributed by atoms with Gasteiger partial charge in [-0.25, -0.2) is 0 Å². The maximum absolute atomic E-state index is 11.5. The molecule has 21 heavy (non-hydrogen) atoms. The smallest absolute Gasteiger partial charge is 0.222 e. The predicted octanol–water partition coefficient (Wildman–Crippen LogP) is 1.03. The Kier molecular flexibility index (Phi) is 2.80. The van der Waals surface area contributed by atoms with Gasteiger partial charge >= 0.3 is 0 Å². The molecule has 1 aliphatic heterocycles. The molecule has 2 aromatic heterocycles. The van der Waals surface area contributed by atoms with Crippen molar-refractivity contribution in [1.29, 1.82) is 0 Å². The molecule has 7 heteroatoms. The first-order chi connectivity index (χ1) is 10.2. The van der Waals surface area contributed by atoms with Crippen molar-refractivity contribution in [1.82, 2.24) is 24.7 Å². The van der Waals surface area contributed by atoms with Crippen LogP contribution >= 0.6 is 0 Å². The Balaban J connectivity index is 1.56. The number of fused-ring (bicyclic) bond motifs is 1. The predicted molar refractivity (Wildman–Crippen MR) is 77.0 cm³/mol. The van der Waals surface area contributed by atoms with E-state index >= 15 is 0 Å². The summed E-state index contributed by atoms with van der Waals surface area (Å²) in [6, 6.07) is 4.11. The molecule has 3 heterocycles. The summed E-state index contributed by atoms with van der Waals surface area (Å²) in [4.78, 5) is 13.3. The van der Waals surface area contributed by atoms with Crippen molar-refractivity contribution in [2.75, 3.05) is 18.9 Å². The van der Waals surface area contributed by atoms with Crippen molar-refractivity contribution in [3.63, 3.8) is 0 Å². The number of likely N-dealkylation sites (N-methyl/N-ethyl adjacent to an activating group) is 1. The van der Waals surface area contributed by atoms with Crippen LogP contribution in [0.1, 0.15) is 37.4 Å². The minimum Gasteiger partial charge on any atom is -0.364 e. The zero-order valence-corrected chi connectivity index (χ0v) is 12.0. The fraction of sp³-hybridized carbons (Fsp3) is 0.571. The molecule has 0 spiro atoms. The number of anilines is 1. The van der Waals surface area contributed by atoms with Gasteiger partial charge in [-0.15, -0.1) is 15.3 Å². The normalized spacial score (nSPS) is 22.8. The van der Waals surface area contributed by atoms with E-state index < -0.39 is 0 Å². The Bertz CT molecular complexity index is 692. The average molecular weight is 286 g/mol. The van der Waals surface area contributed by atoms with Crippen molar-refractivity contribution in [3.8, 4) is 0 Å². The van der Waals surface area contributed by atoms with E-state index in [9.17, 15) is 4.79 Å². The van der Waals surface area contributed by atoms with Gasteiger partial charge < -0.3 is 10.2 Å². The van der Waals surface area contributed by atoms with E-state index in [0.29, 0.717) is 12.3 Å². The van der Waals surface area contributed by atoms with Gasteiger partial charge in [-0.05, 0) is 31.4 Å². The fourth-order valence-corrected chi connectivity index (χ4v) is 2.82. The number of nitrogens with zero attached hydrogens (tertiary/aromatic N) is 5. The van der Waals surface area contributed by atoms with Crippen molar-refractivity contribution in [2.24, 2.45) is 0 Å². The number of carbonyl (C=O) groups is 1. The summed E-state index contributed by atoms with van der Waals surface area (Å²) in [5.41, 5.74) is 0.790. The number of nitrogens with one attached hydrogen (secondary N) is 1. The molecule has 7 nitrogen and oxygen atoms in total. The zero-order chi connectivity index (χ0) is 14.4. The van der Waals surface area contributed by atoms with E-state index in [1.807, 2.05) is 23.7 Å². The first-order valence-electron chi connectivity index (χ1n) is 7.43. The monoisotopic (exact) mass is 286 g/mol. The summed E-state index contributed by atoms with van der Waals surface area (Å²) in [6.45, 7) is 0.718. The van der Waals surface area contributed by atoms with Gasteiger partial charge in [0.15, 0.2) is 11.5 Å². The molecule has 1 amide bonds. The molecule has 0 aromatic carbocycles. The third-order valence-electron chi connectivity index (χ3n) is 4.21. The SMILES string of the molecule is CN1CC(Nc2ccc3nnc(C4CC4)n3n2)CCC1=O. The Hall–Kier alpha value is -2.18. The number of rotatable bonds is 3.